The van der Waals surface area contributed by atoms with Crippen LogP contribution in [-0.4, -0.2) is 36.1 Å². The second-order valence-corrected chi connectivity index (χ2v) is 7.81. The van der Waals surface area contributed by atoms with Crippen LogP contribution >= 0.6 is 0 Å². The number of sulfonamides is 1. The number of aryl methyl sites for hydroxylation is 1. The van der Waals surface area contributed by atoms with Crippen molar-refractivity contribution in [1.29, 1.82) is 0 Å². The van der Waals surface area contributed by atoms with Gasteiger partial charge in [-0.3, -0.25) is 9.36 Å². The summed E-state index contributed by atoms with van der Waals surface area (Å²) in [5, 5.41) is 10.4. The van der Waals surface area contributed by atoms with E-state index in [0.29, 0.717) is 5.56 Å². The van der Waals surface area contributed by atoms with Crippen LogP contribution in [0, 0.1) is 12.8 Å². The smallest absolute Gasteiger partial charge is 0.261 e. The van der Waals surface area contributed by atoms with Gasteiger partial charge in [0.1, 0.15) is 6.10 Å². The van der Waals surface area contributed by atoms with Gasteiger partial charge in [0.05, 0.1) is 10.9 Å². The molecule has 1 aromatic carbocycles. The van der Waals surface area contributed by atoms with Crippen LogP contribution in [0.5, 0.6) is 0 Å². The summed E-state index contributed by atoms with van der Waals surface area (Å²) in [5.41, 5.74) is 0.616. The van der Waals surface area contributed by atoms with E-state index < -0.39 is 28.1 Å². The van der Waals surface area contributed by atoms with Crippen LogP contribution in [0.2, 0.25) is 0 Å². The third kappa shape index (κ3) is 3.43. The minimum Gasteiger partial charge on any atom is -0.382 e. The van der Waals surface area contributed by atoms with Crippen molar-refractivity contribution in [2.75, 3.05) is 0 Å². The average Bonchev–Trinajstić information content (AvgIpc) is 3.25. The van der Waals surface area contributed by atoms with Crippen LogP contribution in [0.1, 0.15) is 23.2 Å². The molecule has 2 atom stereocenters. The maximum absolute atomic E-state index is 12.7. The van der Waals surface area contributed by atoms with E-state index >= 15 is 0 Å². The van der Waals surface area contributed by atoms with Crippen LogP contribution in [0.4, 0.5) is 0 Å². The Bertz CT molecular complexity index is 826. The number of hydrogen-bond acceptors (Lipinski definition) is 4. The minimum absolute atomic E-state index is 0.0293. The molecule has 1 aliphatic carbocycles. The molecule has 0 aliphatic heterocycles. The Balaban J connectivity index is 1.84. The van der Waals surface area contributed by atoms with Crippen LogP contribution in [0.3, 0.4) is 0 Å². The largest absolute Gasteiger partial charge is 0.382 e. The number of benzene rings is 1. The summed E-state index contributed by atoms with van der Waals surface area (Å²) in [6.45, 7) is 1.71. The van der Waals surface area contributed by atoms with Gasteiger partial charge in [0.2, 0.25) is 10.0 Å². The molecule has 0 radical (unpaired) electrons. The Kier molecular flexibility index (Phi) is 4.58. The second kappa shape index (κ2) is 6.51. The van der Waals surface area contributed by atoms with E-state index in [1.165, 1.54) is 23.0 Å². The van der Waals surface area contributed by atoms with Gasteiger partial charge >= 0.3 is 0 Å². The Morgan fingerprint density at radius 1 is 1.21 bits per heavy atom. The molecule has 128 valence electrons. The highest BCUT2D eigenvalue weighted by molar-refractivity contribution is 7.89. The molecule has 1 heterocycles. The van der Waals surface area contributed by atoms with Crippen LogP contribution < -0.4 is 4.72 Å². The summed E-state index contributed by atoms with van der Waals surface area (Å²) < 4.78 is 29.1. The number of hydrogen-bond donors (Lipinski definition) is 2. The molecular weight excluding hydrogens is 328 g/mol. The van der Waals surface area contributed by atoms with Gasteiger partial charge in [-0.25, -0.2) is 13.1 Å². The summed E-state index contributed by atoms with van der Waals surface area (Å²) in [7, 11) is -3.81. The van der Waals surface area contributed by atoms with Gasteiger partial charge in [-0.15, -0.1) is 0 Å². The number of aliphatic hydroxyl groups is 1. The molecule has 1 saturated carbocycles. The fourth-order valence-corrected chi connectivity index (χ4v) is 4.32. The summed E-state index contributed by atoms with van der Waals surface area (Å²) in [4.78, 5) is 12.5. The zero-order chi connectivity index (χ0) is 17.3. The third-order valence-corrected chi connectivity index (χ3v) is 5.88. The van der Waals surface area contributed by atoms with Gasteiger partial charge < -0.3 is 5.11 Å². The summed E-state index contributed by atoms with van der Waals surface area (Å²) in [5.74, 6) is -0.567. The lowest BCUT2D eigenvalue weighted by atomic mass is 10.1. The van der Waals surface area contributed by atoms with Gasteiger partial charge in [-0.05, 0) is 49.4 Å². The van der Waals surface area contributed by atoms with Crippen molar-refractivity contribution in [2.24, 2.45) is 5.92 Å². The quantitative estimate of drug-likeness (QED) is 0.829. The molecule has 0 unspecified atom stereocenters. The zero-order valence-corrected chi connectivity index (χ0v) is 14.1. The fraction of sp³-hybridized carbons (Fsp3) is 0.353. The Morgan fingerprint density at radius 2 is 1.83 bits per heavy atom. The number of carbonyl (C=O) groups is 1. The van der Waals surface area contributed by atoms with Gasteiger partial charge in [0, 0.05) is 12.4 Å². The molecule has 6 nitrogen and oxygen atoms in total. The van der Waals surface area contributed by atoms with Gasteiger partial charge in [-0.2, -0.15) is 0 Å². The molecule has 0 saturated heterocycles. The van der Waals surface area contributed by atoms with Crippen molar-refractivity contribution in [2.45, 2.75) is 36.8 Å². The van der Waals surface area contributed by atoms with E-state index in [2.05, 4.69) is 4.72 Å². The number of rotatable bonds is 6. The maximum atomic E-state index is 12.7. The maximum Gasteiger partial charge on any atom is 0.261 e. The molecule has 0 bridgehead atoms. The van der Waals surface area contributed by atoms with E-state index in [4.69, 9.17) is 0 Å². The molecule has 1 aliphatic rings. The SMILES string of the molecule is Cc1ccccc1S(=O)(=O)N[C@@H](C1CC1)[C@H](O)C(=O)n1cccc1. The molecule has 24 heavy (non-hydrogen) atoms. The van der Waals surface area contributed by atoms with Crippen LogP contribution in [-0.2, 0) is 10.0 Å². The number of carbonyl (C=O) groups excluding carboxylic acids is 1. The first-order valence-corrected chi connectivity index (χ1v) is 9.31. The molecule has 7 heteroatoms. The highest BCUT2D eigenvalue weighted by Crippen LogP contribution is 2.35. The van der Waals surface area contributed by atoms with Crippen molar-refractivity contribution in [3.05, 3.63) is 54.4 Å². The molecule has 2 N–H and O–H groups in total. The van der Waals surface area contributed by atoms with E-state index in [1.807, 2.05) is 0 Å². The highest BCUT2D eigenvalue weighted by atomic mass is 32.2. The monoisotopic (exact) mass is 348 g/mol. The first-order chi connectivity index (χ1) is 11.4. The lowest BCUT2D eigenvalue weighted by Gasteiger charge is -2.23. The zero-order valence-electron chi connectivity index (χ0n) is 13.3. The van der Waals surface area contributed by atoms with E-state index in [0.717, 1.165) is 12.8 Å². The normalized spacial score (nSPS) is 17.4. The van der Waals surface area contributed by atoms with Gasteiger partial charge in [0.15, 0.2) is 0 Å². The Labute approximate surface area is 141 Å². The fourth-order valence-electron chi connectivity index (χ4n) is 2.76. The summed E-state index contributed by atoms with van der Waals surface area (Å²) >= 11 is 0. The molecule has 1 fully saturated rings. The molecule has 1 aromatic heterocycles. The lowest BCUT2D eigenvalue weighted by Crippen LogP contribution is -2.49. The lowest BCUT2D eigenvalue weighted by molar-refractivity contribution is 0.0567. The van der Waals surface area contributed by atoms with Gasteiger partial charge in [0.25, 0.3) is 5.91 Å². The predicted octanol–water partition coefficient (Wildman–Crippen LogP) is 1.55. The van der Waals surface area contributed by atoms with E-state index in [-0.39, 0.29) is 10.8 Å². The Hall–Kier alpha value is -1.96. The highest BCUT2D eigenvalue weighted by Gasteiger charge is 2.42. The van der Waals surface area contributed by atoms with Gasteiger partial charge in [-0.1, -0.05) is 18.2 Å². The number of aliphatic hydroxyl groups excluding tert-OH is 1. The van der Waals surface area contributed by atoms with Crippen molar-refractivity contribution in [1.82, 2.24) is 9.29 Å². The number of aromatic nitrogens is 1. The molecule has 2 aromatic rings. The van der Waals surface area contributed by atoms with Crippen molar-refractivity contribution in [3.8, 4) is 0 Å². The van der Waals surface area contributed by atoms with Crippen LogP contribution in [0.25, 0.3) is 0 Å². The predicted molar refractivity (Wildman–Crippen MR) is 89.1 cm³/mol. The summed E-state index contributed by atoms with van der Waals surface area (Å²) in [6, 6.07) is 9.16. The minimum atomic E-state index is -3.81. The number of nitrogens with zero attached hydrogens (tertiary/aromatic N) is 1. The second-order valence-electron chi connectivity index (χ2n) is 6.12. The molecule has 3 rings (SSSR count). The summed E-state index contributed by atoms with van der Waals surface area (Å²) in [6.07, 6.45) is 3.22. The molecule has 0 spiro atoms. The average molecular weight is 348 g/mol. The van der Waals surface area contributed by atoms with Crippen molar-refractivity contribution in [3.63, 3.8) is 0 Å². The third-order valence-electron chi connectivity index (χ3n) is 4.26. The van der Waals surface area contributed by atoms with Crippen molar-refractivity contribution < 1.29 is 18.3 Å². The topological polar surface area (TPSA) is 88.4 Å². The van der Waals surface area contributed by atoms with E-state index in [9.17, 15) is 18.3 Å². The van der Waals surface area contributed by atoms with Crippen molar-refractivity contribution >= 4 is 15.9 Å². The standard InChI is InChI=1S/C17H20N2O4S/c1-12-6-2-3-7-14(12)24(22,23)18-15(13-8-9-13)16(20)17(21)19-10-4-5-11-19/h2-7,10-11,13,15-16,18,20H,8-9H2,1H3/t15-,16-/m0/s1. The number of nitrogens with one attached hydrogen (secondary N) is 1. The first kappa shape index (κ1) is 16.9. The molecule has 0 amide bonds. The Morgan fingerprint density at radius 3 is 2.42 bits per heavy atom. The van der Waals surface area contributed by atoms with Crippen LogP contribution in [0.15, 0.2) is 53.7 Å². The first-order valence-electron chi connectivity index (χ1n) is 7.83. The molecular formula is C17H20N2O4S. The van der Waals surface area contributed by atoms with E-state index in [1.54, 1.807) is 37.3 Å².